The minimum Gasteiger partial charge on any atom is -0.465 e. The Bertz CT molecular complexity index is 816. The number of thiophene rings is 1. The number of carbonyl (C=O) groups excluding carboxylic acids is 1. The van der Waals surface area contributed by atoms with E-state index in [0.717, 1.165) is 14.6 Å². The number of ether oxygens (including phenoxy) is 2. The van der Waals surface area contributed by atoms with Crippen molar-refractivity contribution in [3.05, 3.63) is 52.1 Å². The second-order valence-electron chi connectivity index (χ2n) is 4.21. The summed E-state index contributed by atoms with van der Waals surface area (Å²) in [5.41, 5.74) is 0. The van der Waals surface area contributed by atoms with E-state index in [-0.39, 0.29) is 5.97 Å². The third kappa shape index (κ3) is 2.91. The Labute approximate surface area is 133 Å². The second-order valence-corrected chi connectivity index (χ2v) is 6.21. The van der Waals surface area contributed by atoms with Crippen molar-refractivity contribution in [2.75, 3.05) is 7.11 Å². The van der Waals surface area contributed by atoms with Crippen LogP contribution in [-0.2, 0) is 4.74 Å². The molecule has 0 fully saturated rings. The molecule has 0 saturated carbocycles. The monoisotopic (exact) mass is 363 g/mol. The number of aromatic nitrogens is 1. The van der Waals surface area contributed by atoms with Crippen molar-refractivity contribution in [3.63, 3.8) is 0 Å². The molecule has 2 heterocycles. The number of esters is 1. The molecule has 0 aliphatic heterocycles. The van der Waals surface area contributed by atoms with Crippen LogP contribution in [0.1, 0.15) is 9.67 Å². The average molecular weight is 364 g/mol. The van der Waals surface area contributed by atoms with Crippen LogP contribution >= 0.6 is 27.3 Å². The first-order chi connectivity index (χ1) is 10.2. The van der Waals surface area contributed by atoms with Gasteiger partial charge >= 0.3 is 5.97 Å². The molecule has 6 heteroatoms. The highest BCUT2D eigenvalue weighted by molar-refractivity contribution is 9.10. The summed E-state index contributed by atoms with van der Waals surface area (Å²) in [6, 6.07) is 9.30. The summed E-state index contributed by atoms with van der Waals surface area (Å²) < 4.78 is 12.4. The molecule has 0 aliphatic rings. The summed E-state index contributed by atoms with van der Waals surface area (Å²) in [6.07, 6.45) is 3.34. The average Bonchev–Trinajstić information content (AvgIpc) is 2.92. The van der Waals surface area contributed by atoms with Crippen LogP contribution in [-0.4, -0.2) is 18.1 Å². The largest absolute Gasteiger partial charge is 0.465 e. The number of fused-ring (bicyclic) bond motifs is 1. The first-order valence-electron chi connectivity index (χ1n) is 6.06. The molecule has 106 valence electrons. The van der Waals surface area contributed by atoms with Gasteiger partial charge in [0.1, 0.15) is 10.6 Å². The number of carbonyl (C=O) groups is 1. The van der Waals surface area contributed by atoms with Gasteiger partial charge in [0.2, 0.25) is 0 Å². The van der Waals surface area contributed by atoms with Gasteiger partial charge < -0.3 is 9.47 Å². The van der Waals surface area contributed by atoms with Crippen molar-refractivity contribution < 1.29 is 14.3 Å². The molecule has 0 N–H and O–H groups in total. The molecule has 3 aromatic rings. The molecule has 0 spiro atoms. The maximum atomic E-state index is 11.6. The van der Waals surface area contributed by atoms with Crippen LogP contribution in [0.15, 0.2) is 47.2 Å². The Morgan fingerprint density at radius 2 is 2.14 bits per heavy atom. The van der Waals surface area contributed by atoms with Crippen molar-refractivity contribution in [2.24, 2.45) is 0 Å². The van der Waals surface area contributed by atoms with E-state index in [4.69, 9.17) is 9.47 Å². The standard InChI is InChI=1S/C15H10BrNO3S/c1-19-15(18)13-6-11-12(7-17-8-14(11)21-13)20-10-4-2-3-9(16)5-10/h2-8H,1H3. The van der Waals surface area contributed by atoms with Crippen LogP contribution in [0, 0.1) is 0 Å². The maximum absolute atomic E-state index is 11.6. The third-order valence-electron chi connectivity index (χ3n) is 2.82. The second kappa shape index (κ2) is 5.83. The Morgan fingerprint density at radius 3 is 2.90 bits per heavy atom. The Balaban J connectivity index is 2.02. The topological polar surface area (TPSA) is 48.4 Å². The van der Waals surface area contributed by atoms with Gasteiger partial charge in [0.05, 0.1) is 18.0 Å². The van der Waals surface area contributed by atoms with E-state index in [9.17, 15) is 4.79 Å². The molecule has 0 bridgehead atoms. The molecule has 2 aromatic heterocycles. The van der Waals surface area contributed by atoms with Crippen molar-refractivity contribution in [3.8, 4) is 11.5 Å². The first kappa shape index (κ1) is 14.0. The number of nitrogens with zero attached hydrogens (tertiary/aromatic N) is 1. The van der Waals surface area contributed by atoms with Crippen molar-refractivity contribution in [1.82, 2.24) is 4.98 Å². The van der Waals surface area contributed by atoms with Crippen LogP contribution in [0.3, 0.4) is 0 Å². The first-order valence-corrected chi connectivity index (χ1v) is 7.67. The van der Waals surface area contributed by atoms with E-state index in [0.29, 0.717) is 16.4 Å². The number of hydrogen-bond acceptors (Lipinski definition) is 5. The van der Waals surface area contributed by atoms with Crippen LogP contribution in [0.25, 0.3) is 10.1 Å². The minimum absolute atomic E-state index is 0.357. The van der Waals surface area contributed by atoms with Crippen LogP contribution < -0.4 is 4.74 Å². The molecule has 0 saturated heterocycles. The lowest BCUT2D eigenvalue weighted by Crippen LogP contribution is -1.96. The van der Waals surface area contributed by atoms with Gasteiger partial charge in [0, 0.05) is 16.1 Å². The fraction of sp³-hybridized carbons (Fsp3) is 0.0667. The number of hydrogen-bond donors (Lipinski definition) is 0. The smallest absolute Gasteiger partial charge is 0.348 e. The molecule has 0 amide bonds. The summed E-state index contributed by atoms with van der Waals surface area (Å²) in [5, 5.41) is 0.843. The summed E-state index contributed by atoms with van der Waals surface area (Å²) in [5.74, 6) is 0.950. The molecule has 0 atom stereocenters. The zero-order valence-electron chi connectivity index (χ0n) is 11.0. The van der Waals surface area contributed by atoms with E-state index < -0.39 is 0 Å². The lowest BCUT2D eigenvalue weighted by Gasteiger charge is -2.06. The predicted molar refractivity (Wildman–Crippen MR) is 85.2 cm³/mol. The molecule has 1 aromatic carbocycles. The van der Waals surface area contributed by atoms with Gasteiger partial charge in [0.25, 0.3) is 0 Å². The van der Waals surface area contributed by atoms with Gasteiger partial charge in [-0.15, -0.1) is 11.3 Å². The van der Waals surface area contributed by atoms with Gasteiger partial charge in [-0.25, -0.2) is 4.79 Å². The molecule has 21 heavy (non-hydrogen) atoms. The molecule has 0 radical (unpaired) electrons. The molecular formula is C15H10BrNO3S. The van der Waals surface area contributed by atoms with E-state index in [2.05, 4.69) is 20.9 Å². The molecule has 0 unspecified atom stereocenters. The van der Waals surface area contributed by atoms with E-state index in [1.54, 1.807) is 18.5 Å². The summed E-state index contributed by atoms with van der Waals surface area (Å²) in [6.45, 7) is 0. The van der Waals surface area contributed by atoms with Crippen molar-refractivity contribution in [2.45, 2.75) is 0 Å². The summed E-state index contributed by atoms with van der Waals surface area (Å²) in [4.78, 5) is 16.3. The Morgan fingerprint density at radius 1 is 1.29 bits per heavy atom. The number of halogens is 1. The van der Waals surface area contributed by atoms with Crippen LogP contribution in [0.4, 0.5) is 0 Å². The fourth-order valence-corrected chi connectivity index (χ4v) is 3.22. The SMILES string of the molecule is COC(=O)c1cc2c(Oc3cccc(Br)c3)cncc2s1. The highest BCUT2D eigenvalue weighted by Crippen LogP contribution is 2.35. The van der Waals surface area contributed by atoms with Gasteiger partial charge in [-0.05, 0) is 24.3 Å². The van der Waals surface area contributed by atoms with Crippen LogP contribution in [0.2, 0.25) is 0 Å². The van der Waals surface area contributed by atoms with Gasteiger partial charge in [0.15, 0.2) is 5.75 Å². The van der Waals surface area contributed by atoms with Gasteiger partial charge in [-0.1, -0.05) is 22.0 Å². The highest BCUT2D eigenvalue weighted by atomic mass is 79.9. The number of methoxy groups -OCH3 is 1. The lowest BCUT2D eigenvalue weighted by molar-refractivity contribution is 0.0606. The number of rotatable bonds is 3. The summed E-state index contributed by atoms with van der Waals surface area (Å²) in [7, 11) is 1.36. The predicted octanol–water partition coefficient (Wildman–Crippen LogP) is 4.64. The molecule has 0 aliphatic carbocycles. The van der Waals surface area contributed by atoms with Crippen LogP contribution in [0.5, 0.6) is 11.5 Å². The summed E-state index contributed by atoms with van der Waals surface area (Å²) >= 11 is 4.73. The number of benzene rings is 1. The molecule has 4 nitrogen and oxygen atoms in total. The van der Waals surface area contributed by atoms with E-state index >= 15 is 0 Å². The highest BCUT2D eigenvalue weighted by Gasteiger charge is 2.14. The van der Waals surface area contributed by atoms with E-state index in [1.165, 1.54) is 18.4 Å². The fourth-order valence-electron chi connectivity index (χ4n) is 1.88. The van der Waals surface area contributed by atoms with Crippen molar-refractivity contribution in [1.29, 1.82) is 0 Å². The Hall–Kier alpha value is -1.92. The zero-order valence-corrected chi connectivity index (χ0v) is 13.4. The molecule has 3 rings (SSSR count). The third-order valence-corrected chi connectivity index (χ3v) is 4.36. The van der Waals surface area contributed by atoms with Gasteiger partial charge in [-0.2, -0.15) is 0 Å². The zero-order chi connectivity index (χ0) is 14.8. The normalized spacial score (nSPS) is 10.6. The van der Waals surface area contributed by atoms with E-state index in [1.807, 2.05) is 24.3 Å². The molecular weight excluding hydrogens is 354 g/mol. The van der Waals surface area contributed by atoms with Crippen molar-refractivity contribution >= 4 is 43.3 Å². The Kier molecular flexibility index (Phi) is 3.90. The quantitative estimate of drug-likeness (QED) is 0.636. The number of pyridine rings is 1. The minimum atomic E-state index is -0.357. The lowest BCUT2D eigenvalue weighted by atomic mass is 10.3. The maximum Gasteiger partial charge on any atom is 0.348 e. The van der Waals surface area contributed by atoms with Gasteiger partial charge in [-0.3, -0.25) is 4.98 Å².